The van der Waals surface area contributed by atoms with Crippen LogP contribution in [0, 0.1) is 0 Å². The van der Waals surface area contributed by atoms with Gasteiger partial charge in [-0.1, -0.05) is 78.9 Å². The highest BCUT2D eigenvalue weighted by Gasteiger charge is 2.15. The van der Waals surface area contributed by atoms with Gasteiger partial charge in [0, 0.05) is 44.6 Å². The van der Waals surface area contributed by atoms with E-state index in [9.17, 15) is 0 Å². The highest BCUT2D eigenvalue weighted by Crippen LogP contribution is 2.35. The van der Waals surface area contributed by atoms with Crippen LogP contribution in [0.15, 0.2) is 132 Å². The standard InChI is InChI=1S/C35H21N5O/c1-3-9-22(10-4-1)33-38-34(23-11-5-2-6-12-23)40-35(39-33)25-16-18-31-28(20-25)27-19-24(15-17-30(27)41-31)32-36-21-26-13-7-8-14-29(26)37-32/h1-21H. The number of benzene rings is 5. The Labute approximate surface area is 235 Å². The van der Waals surface area contributed by atoms with Gasteiger partial charge in [-0.15, -0.1) is 0 Å². The van der Waals surface area contributed by atoms with Gasteiger partial charge in [-0.05, 0) is 42.5 Å². The summed E-state index contributed by atoms with van der Waals surface area (Å²) in [5.41, 5.74) is 6.17. The number of rotatable bonds is 4. The molecule has 0 atom stereocenters. The van der Waals surface area contributed by atoms with E-state index in [2.05, 4.69) is 17.1 Å². The molecule has 8 aromatic rings. The van der Waals surface area contributed by atoms with Gasteiger partial charge in [0.15, 0.2) is 23.3 Å². The largest absolute Gasteiger partial charge is 0.456 e. The van der Waals surface area contributed by atoms with Crippen LogP contribution in [0.4, 0.5) is 0 Å². The van der Waals surface area contributed by atoms with Crippen molar-refractivity contribution in [1.29, 1.82) is 0 Å². The van der Waals surface area contributed by atoms with Crippen LogP contribution in [-0.4, -0.2) is 24.9 Å². The van der Waals surface area contributed by atoms with Crippen molar-refractivity contribution in [3.05, 3.63) is 128 Å². The summed E-state index contributed by atoms with van der Waals surface area (Å²) in [5.74, 6) is 2.53. The molecule has 0 aliphatic carbocycles. The minimum Gasteiger partial charge on any atom is -0.456 e. The molecule has 3 heterocycles. The van der Waals surface area contributed by atoms with Gasteiger partial charge in [0.1, 0.15) is 11.2 Å². The fourth-order valence-electron chi connectivity index (χ4n) is 5.10. The summed E-state index contributed by atoms with van der Waals surface area (Å²) < 4.78 is 6.20. The average Bonchev–Trinajstić information content (AvgIpc) is 3.42. The summed E-state index contributed by atoms with van der Waals surface area (Å²) in [4.78, 5) is 24.0. The molecule has 0 aliphatic heterocycles. The van der Waals surface area contributed by atoms with E-state index in [-0.39, 0.29) is 0 Å². The van der Waals surface area contributed by atoms with E-state index < -0.39 is 0 Å². The Kier molecular flexibility index (Phi) is 5.35. The summed E-state index contributed by atoms with van der Waals surface area (Å²) in [6.45, 7) is 0. The molecular formula is C35H21N5O. The molecular weight excluding hydrogens is 506 g/mol. The van der Waals surface area contributed by atoms with Crippen LogP contribution < -0.4 is 0 Å². The lowest BCUT2D eigenvalue weighted by molar-refractivity contribution is 0.669. The predicted molar refractivity (Wildman–Crippen MR) is 162 cm³/mol. The molecule has 0 aliphatic rings. The number of para-hydroxylation sites is 1. The van der Waals surface area contributed by atoms with Gasteiger partial charge in [0.05, 0.1) is 5.52 Å². The highest BCUT2D eigenvalue weighted by molar-refractivity contribution is 6.07. The first kappa shape index (κ1) is 23.2. The molecule has 0 saturated heterocycles. The maximum Gasteiger partial charge on any atom is 0.164 e. The van der Waals surface area contributed by atoms with Gasteiger partial charge < -0.3 is 4.42 Å². The van der Waals surface area contributed by atoms with E-state index >= 15 is 0 Å². The van der Waals surface area contributed by atoms with E-state index in [0.29, 0.717) is 23.3 Å². The third-order valence-corrected chi connectivity index (χ3v) is 7.17. The van der Waals surface area contributed by atoms with Gasteiger partial charge >= 0.3 is 0 Å². The second-order valence-corrected chi connectivity index (χ2v) is 9.81. The number of hydrogen-bond donors (Lipinski definition) is 0. The molecule has 0 bridgehead atoms. The zero-order valence-electron chi connectivity index (χ0n) is 21.8. The molecule has 8 rings (SSSR count). The smallest absolute Gasteiger partial charge is 0.164 e. The monoisotopic (exact) mass is 527 g/mol. The molecule has 0 unspecified atom stereocenters. The molecule has 41 heavy (non-hydrogen) atoms. The third kappa shape index (κ3) is 4.19. The topological polar surface area (TPSA) is 77.6 Å². The molecule has 6 heteroatoms. The van der Waals surface area contributed by atoms with Crippen molar-refractivity contribution in [3.8, 4) is 45.6 Å². The normalized spacial score (nSPS) is 11.4. The Balaban J connectivity index is 1.28. The Morgan fingerprint density at radius 3 is 1.54 bits per heavy atom. The van der Waals surface area contributed by atoms with Crippen LogP contribution >= 0.6 is 0 Å². The van der Waals surface area contributed by atoms with Crippen LogP contribution in [-0.2, 0) is 0 Å². The molecule has 6 nitrogen and oxygen atoms in total. The fraction of sp³-hybridized carbons (Fsp3) is 0. The van der Waals surface area contributed by atoms with Gasteiger partial charge in [-0.3, -0.25) is 0 Å². The lowest BCUT2D eigenvalue weighted by atomic mass is 10.1. The van der Waals surface area contributed by atoms with Gasteiger partial charge in [-0.25, -0.2) is 24.9 Å². The maximum absolute atomic E-state index is 6.20. The number of aromatic nitrogens is 5. The highest BCUT2D eigenvalue weighted by atomic mass is 16.3. The van der Waals surface area contributed by atoms with Crippen molar-refractivity contribution in [3.63, 3.8) is 0 Å². The molecule has 3 aromatic heterocycles. The Bertz CT molecular complexity index is 2150. The Morgan fingerprint density at radius 1 is 0.415 bits per heavy atom. The number of hydrogen-bond acceptors (Lipinski definition) is 6. The summed E-state index contributed by atoms with van der Waals surface area (Å²) in [6, 6.07) is 40.1. The lowest BCUT2D eigenvalue weighted by Gasteiger charge is -2.08. The Morgan fingerprint density at radius 2 is 0.927 bits per heavy atom. The molecule has 192 valence electrons. The van der Waals surface area contributed by atoms with Gasteiger partial charge in [0.25, 0.3) is 0 Å². The minimum atomic E-state index is 0.600. The summed E-state index contributed by atoms with van der Waals surface area (Å²) in [6.07, 6.45) is 1.86. The van der Waals surface area contributed by atoms with Crippen molar-refractivity contribution in [1.82, 2.24) is 24.9 Å². The van der Waals surface area contributed by atoms with Gasteiger partial charge in [0.2, 0.25) is 0 Å². The molecule has 0 spiro atoms. The summed E-state index contributed by atoms with van der Waals surface area (Å²) in [5, 5.41) is 2.97. The van der Waals surface area contributed by atoms with Crippen LogP contribution in [0.25, 0.3) is 78.4 Å². The van der Waals surface area contributed by atoms with Crippen molar-refractivity contribution < 1.29 is 4.42 Å². The van der Waals surface area contributed by atoms with Crippen LogP contribution in [0.1, 0.15) is 0 Å². The van der Waals surface area contributed by atoms with Crippen molar-refractivity contribution in [2.45, 2.75) is 0 Å². The van der Waals surface area contributed by atoms with Gasteiger partial charge in [-0.2, -0.15) is 0 Å². The molecule has 5 aromatic carbocycles. The minimum absolute atomic E-state index is 0.600. The molecule has 0 N–H and O–H groups in total. The first-order valence-electron chi connectivity index (χ1n) is 13.3. The molecule has 0 saturated carbocycles. The molecule has 0 amide bonds. The van der Waals surface area contributed by atoms with E-state index in [4.69, 9.17) is 24.4 Å². The third-order valence-electron chi connectivity index (χ3n) is 7.17. The van der Waals surface area contributed by atoms with Crippen molar-refractivity contribution in [2.24, 2.45) is 0 Å². The SMILES string of the molecule is c1ccc(-c2nc(-c3ccccc3)nc(-c3ccc4oc5ccc(-c6ncc7ccccc7n6)cc5c4c3)n2)cc1. The van der Waals surface area contributed by atoms with E-state index in [0.717, 1.165) is 55.1 Å². The quantitative estimate of drug-likeness (QED) is 0.229. The van der Waals surface area contributed by atoms with Crippen LogP contribution in [0.3, 0.4) is 0 Å². The summed E-state index contributed by atoms with van der Waals surface area (Å²) in [7, 11) is 0. The lowest BCUT2D eigenvalue weighted by Crippen LogP contribution is -2.00. The average molecular weight is 528 g/mol. The second-order valence-electron chi connectivity index (χ2n) is 9.81. The molecule has 0 radical (unpaired) electrons. The van der Waals surface area contributed by atoms with E-state index in [1.54, 1.807) is 0 Å². The maximum atomic E-state index is 6.20. The predicted octanol–water partition coefficient (Wildman–Crippen LogP) is 8.38. The van der Waals surface area contributed by atoms with Crippen molar-refractivity contribution >= 4 is 32.8 Å². The molecule has 0 fully saturated rings. The van der Waals surface area contributed by atoms with Crippen LogP contribution in [0.2, 0.25) is 0 Å². The first-order valence-corrected chi connectivity index (χ1v) is 13.3. The number of nitrogens with zero attached hydrogens (tertiary/aromatic N) is 5. The zero-order valence-corrected chi connectivity index (χ0v) is 21.8. The Hall–Kier alpha value is -5.75. The zero-order chi connectivity index (χ0) is 27.2. The number of fused-ring (bicyclic) bond motifs is 4. The fourth-order valence-corrected chi connectivity index (χ4v) is 5.10. The van der Waals surface area contributed by atoms with E-state index in [1.165, 1.54) is 0 Å². The first-order chi connectivity index (χ1) is 20.3. The summed E-state index contributed by atoms with van der Waals surface area (Å²) >= 11 is 0. The second kappa shape index (κ2) is 9.47. The van der Waals surface area contributed by atoms with Crippen LogP contribution in [0.5, 0.6) is 0 Å². The van der Waals surface area contributed by atoms with Crippen molar-refractivity contribution in [2.75, 3.05) is 0 Å². The van der Waals surface area contributed by atoms with E-state index in [1.807, 2.05) is 115 Å². The number of furan rings is 1.